The van der Waals surface area contributed by atoms with Crippen LogP contribution in [0.5, 0.6) is 0 Å². The highest BCUT2D eigenvalue weighted by Gasteiger charge is 2.24. The minimum atomic E-state index is 0.0758. The van der Waals surface area contributed by atoms with Crippen molar-refractivity contribution < 1.29 is 14.3 Å². The number of morpholine rings is 1. The molecule has 1 amide bonds. The molecule has 0 radical (unpaired) electrons. The minimum absolute atomic E-state index is 0.0758. The molecule has 23 heavy (non-hydrogen) atoms. The van der Waals surface area contributed by atoms with Crippen molar-refractivity contribution in [2.75, 3.05) is 58.0 Å². The van der Waals surface area contributed by atoms with E-state index >= 15 is 0 Å². The van der Waals surface area contributed by atoms with Crippen molar-refractivity contribution in [3.63, 3.8) is 0 Å². The highest BCUT2D eigenvalue weighted by Crippen LogP contribution is 2.20. The van der Waals surface area contributed by atoms with Gasteiger partial charge in [-0.05, 0) is 30.9 Å². The third-order valence-electron chi connectivity index (χ3n) is 4.54. The molecule has 0 bridgehead atoms. The van der Waals surface area contributed by atoms with Gasteiger partial charge in [0.25, 0.3) is 5.91 Å². The first-order valence-electron chi connectivity index (χ1n) is 8.35. The molecule has 1 aromatic heterocycles. The fraction of sp³-hybridized carbons (Fsp3) is 0.647. The van der Waals surface area contributed by atoms with Gasteiger partial charge in [0.1, 0.15) is 5.82 Å². The number of nitrogens with zero attached hydrogens (tertiary/aromatic N) is 3. The lowest BCUT2D eigenvalue weighted by atomic mass is 9.98. The zero-order valence-electron chi connectivity index (χ0n) is 13.7. The van der Waals surface area contributed by atoms with Crippen molar-refractivity contribution in [1.82, 2.24) is 9.88 Å². The molecule has 6 nitrogen and oxygen atoms in total. The molecule has 0 N–H and O–H groups in total. The first-order valence-corrected chi connectivity index (χ1v) is 8.35. The van der Waals surface area contributed by atoms with Crippen LogP contribution in [-0.2, 0) is 9.47 Å². The maximum absolute atomic E-state index is 12.6. The van der Waals surface area contributed by atoms with Crippen LogP contribution in [0.15, 0.2) is 18.3 Å². The number of piperidine rings is 1. The summed E-state index contributed by atoms with van der Waals surface area (Å²) in [6.45, 7) is 5.49. The second-order valence-corrected chi connectivity index (χ2v) is 6.22. The Balaban J connectivity index is 1.63. The molecule has 2 fully saturated rings. The van der Waals surface area contributed by atoms with E-state index in [1.165, 1.54) is 0 Å². The van der Waals surface area contributed by atoms with E-state index in [-0.39, 0.29) is 5.91 Å². The van der Waals surface area contributed by atoms with E-state index in [9.17, 15) is 4.79 Å². The molecule has 1 atom stereocenters. The van der Waals surface area contributed by atoms with Crippen molar-refractivity contribution in [2.45, 2.75) is 12.8 Å². The van der Waals surface area contributed by atoms with Gasteiger partial charge in [0, 0.05) is 39.5 Å². The molecule has 3 heterocycles. The standard InChI is InChI=1S/C17H25N3O3/c1-22-13-14-3-2-6-20(12-14)17(21)15-4-5-16(18-11-15)19-7-9-23-10-8-19/h4-5,11,14H,2-3,6-10,12-13H2,1H3. The lowest BCUT2D eigenvalue weighted by Crippen LogP contribution is -2.41. The third kappa shape index (κ3) is 4.00. The summed E-state index contributed by atoms with van der Waals surface area (Å²) in [4.78, 5) is 21.2. The van der Waals surface area contributed by atoms with E-state index in [4.69, 9.17) is 9.47 Å². The summed E-state index contributed by atoms with van der Waals surface area (Å²) < 4.78 is 10.6. The molecule has 1 unspecified atom stereocenters. The molecule has 0 spiro atoms. The first-order chi connectivity index (χ1) is 11.3. The number of ether oxygens (including phenoxy) is 2. The summed E-state index contributed by atoms with van der Waals surface area (Å²) in [6.07, 6.45) is 3.87. The van der Waals surface area contributed by atoms with Crippen LogP contribution in [-0.4, -0.2) is 68.9 Å². The number of hydrogen-bond donors (Lipinski definition) is 0. The smallest absolute Gasteiger partial charge is 0.255 e. The Hall–Kier alpha value is -1.66. The first kappa shape index (κ1) is 16.2. The number of anilines is 1. The zero-order chi connectivity index (χ0) is 16.1. The van der Waals surface area contributed by atoms with Gasteiger partial charge in [0.05, 0.1) is 25.4 Å². The summed E-state index contributed by atoms with van der Waals surface area (Å²) >= 11 is 0. The Morgan fingerprint density at radius 2 is 2.17 bits per heavy atom. The maximum atomic E-state index is 12.6. The van der Waals surface area contributed by atoms with Crippen molar-refractivity contribution in [1.29, 1.82) is 0 Å². The molecule has 2 aliphatic heterocycles. The van der Waals surface area contributed by atoms with Gasteiger partial charge in [-0.1, -0.05) is 0 Å². The number of rotatable bonds is 4. The molecule has 0 aromatic carbocycles. The Kier molecular flexibility index (Phi) is 5.46. The van der Waals surface area contributed by atoms with Crippen LogP contribution in [0.1, 0.15) is 23.2 Å². The van der Waals surface area contributed by atoms with Crippen LogP contribution in [0.4, 0.5) is 5.82 Å². The highest BCUT2D eigenvalue weighted by molar-refractivity contribution is 5.94. The topological polar surface area (TPSA) is 54.9 Å². The van der Waals surface area contributed by atoms with Gasteiger partial charge >= 0.3 is 0 Å². The summed E-state index contributed by atoms with van der Waals surface area (Å²) in [5, 5.41) is 0. The van der Waals surface area contributed by atoms with Crippen LogP contribution < -0.4 is 4.90 Å². The minimum Gasteiger partial charge on any atom is -0.384 e. The van der Waals surface area contributed by atoms with E-state index < -0.39 is 0 Å². The van der Waals surface area contributed by atoms with Gasteiger partial charge in [-0.15, -0.1) is 0 Å². The predicted octanol–water partition coefficient (Wildman–Crippen LogP) is 1.42. The van der Waals surface area contributed by atoms with Crippen molar-refractivity contribution in [2.24, 2.45) is 5.92 Å². The number of methoxy groups -OCH3 is 1. The number of carbonyl (C=O) groups is 1. The maximum Gasteiger partial charge on any atom is 0.255 e. The predicted molar refractivity (Wildman–Crippen MR) is 87.8 cm³/mol. The van der Waals surface area contributed by atoms with Crippen molar-refractivity contribution in [3.8, 4) is 0 Å². The van der Waals surface area contributed by atoms with Crippen LogP contribution >= 0.6 is 0 Å². The lowest BCUT2D eigenvalue weighted by molar-refractivity contribution is 0.0570. The molecule has 2 aliphatic rings. The average molecular weight is 319 g/mol. The molecular weight excluding hydrogens is 294 g/mol. The van der Waals surface area contributed by atoms with E-state index in [2.05, 4.69) is 9.88 Å². The van der Waals surface area contributed by atoms with E-state index in [1.54, 1.807) is 13.3 Å². The van der Waals surface area contributed by atoms with Gasteiger partial charge in [-0.2, -0.15) is 0 Å². The molecule has 1 aromatic rings. The van der Waals surface area contributed by atoms with E-state index in [0.717, 1.165) is 64.7 Å². The molecular formula is C17H25N3O3. The van der Waals surface area contributed by atoms with Crippen LogP contribution in [0.3, 0.4) is 0 Å². The second kappa shape index (κ2) is 7.75. The van der Waals surface area contributed by atoms with Gasteiger partial charge in [0.2, 0.25) is 0 Å². The number of pyridine rings is 1. The van der Waals surface area contributed by atoms with Gasteiger partial charge in [-0.3, -0.25) is 4.79 Å². The van der Waals surface area contributed by atoms with Crippen LogP contribution in [0.25, 0.3) is 0 Å². The second-order valence-electron chi connectivity index (χ2n) is 6.22. The molecule has 3 rings (SSSR count). The molecule has 2 saturated heterocycles. The highest BCUT2D eigenvalue weighted by atomic mass is 16.5. The number of hydrogen-bond acceptors (Lipinski definition) is 5. The number of likely N-dealkylation sites (tertiary alicyclic amines) is 1. The summed E-state index contributed by atoms with van der Waals surface area (Å²) in [5.41, 5.74) is 0.667. The van der Waals surface area contributed by atoms with Crippen LogP contribution in [0, 0.1) is 5.92 Å². The monoisotopic (exact) mass is 319 g/mol. The largest absolute Gasteiger partial charge is 0.384 e. The summed E-state index contributed by atoms with van der Waals surface area (Å²) in [7, 11) is 1.72. The Bertz CT molecular complexity index is 512. The third-order valence-corrected chi connectivity index (χ3v) is 4.54. The van der Waals surface area contributed by atoms with Crippen LogP contribution in [0.2, 0.25) is 0 Å². The lowest BCUT2D eigenvalue weighted by Gasteiger charge is -2.32. The van der Waals surface area contributed by atoms with Gasteiger partial charge in [-0.25, -0.2) is 4.98 Å². The molecule has 6 heteroatoms. The Labute approximate surface area is 137 Å². The Morgan fingerprint density at radius 3 is 2.87 bits per heavy atom. The molecule has 0 saturated carbocycles. The average Bonchev–Trinajstić information content (AvgIpc) is 2.62. The molecule has 126 valence electrons. The molecule has 0 aliphatic carbocycles. The fourth-order valence-corrected chi connectivity index (χ4v) is 3.30. The van der Waals surface area contributed by atoms with Gasteiger partial charge in [0.15, 0.2) is 0 Å². The number of aromatic nitrogens is 1. The fourth-order valence-electron chi connectivity index (χ4n) is 3.30. The number of amides is 1. The SMILES string of the molecule is COCC1CCCN(C(=O)c2ccc(N3CCOCC3)nc2)C1. The summed E-state index contributed by atoms with van der Waals surface area (Å²) in [5.74, 6) is 1.44. The van der Waals surface area contributed by atoms with Gasteiger partial charge < -0.3 is 19.3 Å². The quantitative estimate of drug-likeness (QED) is 0.840. The van der Waals surface area contributed by atoms with Crippen molar-refractivity contribution >= 4 is 11.7 Å². The van der Waals surface area contributed by atoms with Crippen molar-refractivity contribution in [3.05, 3.63) is 23.9 Å². The normalized spacial score (nSPS) is 22.2. The van der Waals surface area contributed by atoms with E-state index in [1.807, 2.05) is 17.0 Å². The van der Waals surface area contributed by atoms with E-state index in [0.29, 0.717) is 11.5 Å². The Morgan fingerprint density at radius 1 is 1.35 bits per heavy atom. The zero-order valence-corrected chi connectivity index (χ0v) is 13.7. The summed E-state index contributed by atoms with van der Waals surface area (Å²) in [6, 6.07) is 3.83. The number of carbonyl (C=O) groups excluding carboxylic acids is 1.